The third-order valence-electron chi connectivity index (χ3n) is 5.95. The van der Waals surface area contributed by atoms with E-state index in [-0.39, 0.29) is 11.9 Å². The maximum Gasteiger partial charge on any atom is 0.279 e. The van der Waals surface area contributed by atoms with Crippen molar-refractivity contribution in [3.05, 3.63) is 53.1 Å². The zero-order valence-corrected chi connectivity index (χ0v) is 18.0. The first-order chi connectivity index (χ1) is 14.1. The lowest BCUT2D eigenvalue weighted by Gasteiger charge is -2.23. The molecule has 1 amide bonds. The van der Waals surface area contributed by atoms with Gasteiger partial charge in [0.1, 0.15) is 17.5 Å². The molecule has 2 aromatic rings. The van der Waals surface area contributed by atoms with Crippen molar-refractivity contribution in [3.63, 3.8) is 0 Å². The second-order valence-electron chi connectivity index (χ2n) is 7.59. The zero-order chi connectivity index (χ0) is 20.8. The highest BCUT2D eigenvalue weighted by molar-refractivity contribution is 5.93. The molecule has 0 radical (unpaired) electrons. The maximum atomic E-state index is 13.0. The summed E-state index contributed by atoms with van der Waals surface area (Å²) in [5.74, 6) is 1.69. The summed E-state index contributed by atoms with van der Waals surface area (Å²) in [6.07, 6.45) is 3.97. The fourth-order valence-corrected chi connectivity index (χ4v) is 4.40. The van der Waals surface area contributed by atoms with Crippen molar-refractivity contribution in [2.24, 2.45) is 0 Å². The van der Waals surface area contributed by atoms with Gasteiger partial charge in [-0.25, -0.2) is 0 Å². The number of amides is 1. The van der Waals surface area contributed by atoms with E-state index in [4.69, 9.17) is 9.47 Å². The quantitative estimate of drug-likeness (QED) is 0.719. The highest BCUT2D eigenvalue weighted by Gasteiger charge is 2.34. The fraction of sp³-hybridized carbons (Fsp3) is 0.458. The number of carbonyl (C=O) groups is 1. The van der Waals surface area contributed by atoms with Crippen LogP contribution in [0.3, 0.4) is 0 Å². The second-order valence-corrected chi connectivity index (χ2v) is 7.59. The van der Waals surface area contributed by atoms with Crippen molar-refractivity contribution < 1.29 is 19.2 Å². The first kappa shape index (κ1) is 21.2. The van der Waals surface area contributed by atoms with E-state index in [1.807, 2.05) is 12.1 Å². The molecule has 0 aromatic heterocycles. The number of aryl methyl sites for hydroxylation is 2. The molecule has 0 bridgehead atoms. The van der Waals surface area contributed by atoms with E-state index in [0.29, 0.717) is 6.54 Å². The Morgan fingerprint density at radius 2 is 1.83 bits per heavy atom. The summed E-state index contributed by atoms with van der Waals surface area (Å²) >= 11 is 0. The van der Waals surface area contributed by atoms with Gasteiger partial charge in [0, 0.05) is 24.6 Å². The van der Waals surface area contributed by atoms with Gasteiger partial charge in [-0.3, -0.25) is 4.79 Å². The molecule has 2 N–H and O–H groups in total. The van der Waals surface area contributed by atoms with Crippen LogP contribution in [0, 0.1) is 0 Å². The Labute approximate surface area is 174 Å². The van der Waals surface area contributed by atoms with Gasteiger partial charge in [0.2, 0.25) is 0 Å². The first-order valence-electron chi connectivity index (χ1n) is 10.6. The number of nitrogens with one attached hydrogen (secondary N) is 2. The van der Waals surface area contributed by atoms with Crippen molar-refractivity contribution in [1.29, 1.82) is 0 Å². The van der Waals surface area contributed by atoms with Crippen LogP contribution in [0.2, 0.25) is 0 Å². The van der Waals surface area contributed by atoms with Crippen LogP contribution in [0.4, 0.5) is 5.69 Å². The predicted molar refractivity (Wildman–Crippen MR) is 116 cm³/mol. The molecule has 3 rings (SSSR count). The van der Waals surface area contributed by atoms with Gasteiger partial charge in [-0.2, -0.15) is 0 Å². The van der Waals surface area contributed by atoms with Crippen molar-refractivity contribution in [1.82, 2.24) is 0 Å². The van der Waals surface area contributed by atoms with Gasteiger partial charge in [0.15, 0.2) is 6.54 Å². The van der Waals surface area contributed by atoms with Crippen LogP contribution in [0.5, 0.6) is 11.5 Å². The van der Waals surface area contributed by atoms with Gasteiger partial charge in [0.05, 0.1) is 26.3 Å². The number of likely N-dealkylation sites (tertiary alicyclic amines) is 1. The third-order valence-corrected chi connectivity index (χ3v) is 5.95. The lowest BCUT2D eigenvalue weighted by atomic mass is 10.0. The van der Waals surface area contributed by atoms with Gasteiger partial charge in [-0.05, 0) is 36.1 Å². The lowest BCUT2D eigenvalue weighted by Crippen LogP contribution is -3.11. The van der Waals surface area contributed by atoms with E-state index in [9.17, 15) is 4.79 Å². The molecule has 0 aliphatic carbocycles. The normalized spacial score (nSPS) is 18.5. The predicted octanol–water partition coefficient (Wildman–Crippen LogP) is 3.19. The first-order valence-corrected chi connectivity index (χ1v) is 10.6. The number of quaternary nitrogens is 1. The summed E-state index contributed by atoms with van der Waals surface area (Å²) in [6, 6.07) is 12.5. The number of ether oxygens (including phenoxy) is 2. The maximum absolute atomic E-state index is 13.0. The fourth-order valence-electron chi connectivity index (χ4n) is 4.40. The van der Waals surface area contributed by atoms with Gasteiger partial charge in [0.25, 0.3) is 5.91 Å². The monoisotopic (exact) mass is 397 g/mol. The Morgan fingerprint density at radius 3 is 2.45 bits per heavy atom. The van der Waals surface area contributed by atoms with E-state index < -0.39 is 0 Å². The van der Waals surface area contributed by atoms with E-state index >= 15 is 0 Å². The Hall–Kier alpha value is -2.53. The highest BCUT2D eigenvalue weighted by atomic mass is 16.5. The molecule has 2 atom stereocenters. The smallest absolute Gasteiger partial charge is 0.279 e. The molecule has 1 saturated heterocycles. The minimum absolute atomic E-state index is 0.0787. The van der Waals surface area contributed by atoms with Gasteiger partial charge in [-0.1, -0.05) is 32.0 Å². The molecule has 1 aliphatic rings. The van der Waals surface area contributed by atoms with E-state index in [1.165, 1.54) is 16.0 Å². The SMILES string of the molecule is CCc1cccc(CC)c1NC(=O)C[NH+]1CCC[C@@H]1c1ccc(OC)cc1OC. The number of benzene rings is 2. The average molecular weight is 398 g/mol. The van der Waals surface area contributed by atoms with E-state index in [1.54, 1.807) is 14.2 Å². The summed E-state index contributed by atoms with van der Waals surface area (Å²) in [5.41, 5.74) is 4.54. The largest absolute Gasteiger partial charge is 0.497 e. The second kappa shape index (κ2) is 9.79. The standard InChI is InChI=1S/C24H32N2O3/c1-5-17-9-7-10-18(6-2)24(17)25-23(27)16-26-14-8-11-21(26)20-13-12-19(28-3)15-22(20)29-4/h7,9-10,12-13,15,21H,5-6,8,11,14,16H2,1-4H3,(H,25,27)/p+1/t21-/m1/s1. The van der Waals surface area contributed by atoms with Crippen LogP contribution in [-0.2, 0) is 17.6 Å². The molecule has 1 heterocycles. The Bertz CT molecular complexity index is 828. The molecular weight excluding hydrogens is 364 g/mol. The Kier molecular flexibility index (Phi) is 7.15. The molecule has 0 spiro atoms. The number of anilines is 1. The van der Waals surface area contributed by atoms with E-state index in [0.717, 1.165) is 55.0 Å². The number of methoxy groups -OCH3 is 2. The van der Waals surface area contributed by atoms with Gasteiger partial charge < -0.3 is 19.7 Å². The molecule has 1 aliphatic heterocycles. The summed E-state index contributed by atoms with van der Waals surface area (Å²) in [7, 11) is 3.35. The van der Waals surface area contributed by atoms with Crippen molar-refractivity contribution in [3.8, 4) is 11.5 Å². The van der Waals surface area contributed by atoms with E-state index in [2.05, 4.69) is 43.4 Å². The lowest BCUT2D eigenvalue weighted by molar-refractivity contribution is -0.910. The van der Waals surface area contributed by atoms with Crippen LogP contribution in [0.25, 0.3) is 0 Å². The average Bonchev–Trinajstić information content (AvgIpc) is 3.20. The minimum atomic E-state index is 0.0787. The van der Waals surface area contributed by atoms with Crippen molar-refractivity contribution in [2.45, 2.75) is 45.6 Å². The van der Waals surface area contributed by atoms with Crippen molar-refractivity contribution in [2.75, 3.05) is 32.6 Å². The zero-order valence-electron chi connectivity index (χ0n) is 18.0. The number of hydrogen-bond donors (Lipinski definition) is 2. The molecule has 1 unspecified atom stereocenters. The van der Waals surface area contributed by atoms with Crippen molar-refractivity contribution >= 4 is 11.6 Å². The third kappa shape index (κ3) is 4.73. The molecule has 29 heavy (non-hydrogen) atoms. The molecule has 0 saturated carbocycles. The summed E-state index contributed by atoms with van der Waals surface area (Å²) in [6.45, 7) is 5.70. The van der Waals surface area contributed by atoms with Crippen LogP contribution >= 0.6 is 0 Å². The summed E-state index contributed by atoms with van der Waals surface area (Å²) in [5, 5.41) is 3.22. The van der Waals surface area contributed by atoms with Crippen LogP contribution in [0.15, 0.2) is 36.4 Å². The molecule has 5 nitrogen and oxygen atoms in total. The number of para-hydroxylation sites is 1. The van der Waals surface area contributed by atoms with Crippen LogP contribution in [-0.4, -0.2) is 33.2 Å². The number of carbonyl (C=O) groups excluding carboxylic acids is 1. The van der Waals surface area contributed by atoms with Gasteiger partial charge in [-0.15, -0.1) is 0 Å². The summed E-state index contributed by atoms with van der Waals surface area (Å²) in [4.78, 5) is 14.2. The summed E-state index contributed by atoms with van der Waals surface area (Å²) < 4.78 is 10.9. The molecule has 1 fully saturated rings. The molecule has 156 valence electrons. The number of hydrogen-bond acceptors (Lipinski definition) is 3. The molecule has 5 heteroatoms. The highest BCUT2D eigenvalue weighted by Crippen LogP contribution is 2.31. The van der Waals surface area contributed by atoms with Crippen LogP contribution < -0.4 is 19.7 Å². The number of rotatable bonds is 8. The molecule has 2 aromatic carbocycles. The topological polar surface area (TPSA) is 52.0 Å². The molecular formula is C24H33N2O3+. The van der Waals surface area contributed by atoms with Gasteiger partial charge >= 0.3 is 0 Å². The minimum Gasteiger partial charge on any atom is -0.497 e. The Morgan fingerprint density at radius 1 is 1.10 bits per heavy atom. The Balaban J connectivity index is 1.76. The van der Waals surface area contributed by atoms with Crippen LogP contribution in [0.1, 0.15) is 49.4 Å².